The third-order valence-electron chi connectivity index (χ3n) is 2.18. The largest absolute Gasteiger partial charge is 0.493 e. The molecule has 0 bridgehead atoms. The Morgan fingerprint density at radius 1 is 0.833 bits per heavy atom. The summed E-state index contributed by atoms with van der Waals surface area (Å²) in [5, 5.41) is 47.1. The van der Waals surface area contributed by atoms with Crippen LogP contribution in [0.5, 0.6) is 23.5 Å². The third kappa shape index (κ3) is 1.54. The molecule has 2 rings (SSSR count). The molecule has 9 nitrogen and oxygen atoms in total. The molecule has 0 spiro atoms. The first-order valence-corrected chi connectivity index (χ1v) is 4.66. The lowest BCUT2D eigenvalue weighted by Gasteiger charge is -2.23. The number of rotatable bonds is 2. The van der Waals surface area contributed by atoms with Gasteiger partial charge in [-0.25, -0.2) is 4.79 Å². The van der Waals surface area contributed by atoms with Crippen LogP contribution in [0.3, 0.4) is 0 Å². The Balaban J connectivity index is 2.65. The molecular formula is C9H9N3O6. The number of aromatic hydroxyl groups is 4. The second-order valence-electron chi connectivity index (χ2n) is 3.30. The van der Waals surface area contributed by atoms with E-state index in [1.807, 2.05) is 0 Å². The molecular weight excluding hydrogens is 246 g/mol. The average Bonchev–Trinajstić information content (AvgIpc) is 2.78. The summed E-state index contributed by atoms with van der Waals surface area (Å²) in [6.45, 7) is 0. The number of amides is 1. The lowest BCUT2D eigenvalue weighted by Crippen LogP contribution is -2.42. The zero-order chi connectivity index (χ0) is 13.4. The fourth-order valence-corrected chi connectivity index (χ4v) is 1.46. The second-order valence-corrected chi connectivity index (χ2v) is 3.30. The van der Waals surface area contributed by atoms with Crippen LogP contribution in [0.2, 0.25) is 0 Å². The van der Waals surface area contributed by atoms with E-state index in [0.717, 1.165) is 24.3 Å². The minimum atomic E-state index is -1.65. The highest BCUT2D eigenvalue weighted by atomic mass is 16.4. The van der Waals surface area contributed by atoms with E-state index < -0.39 is 29.6 Å². The van der Waals surface area contributed by atoms with Crippen molar-refractivity contribution >= 4 is 6.09 Å². The minimum Gasteiger partial charge on any atom is -0.493 e. The van der Waals surface area contributed by atoms with E-state index in [9.17, 15) is 25.2 Å². The highest BCUT2D eigenvalue weighted by Crippen LogP contribution is 2.27. The molecule has 2 aromatic heterocycles. The minimum absolute atomic E-state index is 0.231. The van der Waals surface area contributed by atoms with Gasteiger partial charge in [-0.15, -0.1) is 0 Å². The van der Waals surface area contributed by atoms with Gasteiger partial charge in [-0.3, -0.25) is 0 Å². The van der Waals surface area contributed by atoms with Crippen molar-refractivity contribution in [3.05, 3.63) is 24.3 Å². The van der Waals surface area contributed by atoms with E-state index in [1.165, 1.54) is 0 Å². The molecule has 18 heavy (non-hydrogen) atoms. The summed E-state index contributed by atoms with van der Waals surface area (Å²) in [5.41, 5.74) is 0. The highest BCUT2D eigenvalue weighted by molar-refractivity contribution is 5.77. The van der Waals surface area contributed by atoms with Crippen LogP contribution in [0.25, 0.3) is 0 Å². The van der Waals surface area contributed by atoms with Crippen molar-refractivity contribution in [1.29, 1.82) is 0 Å². The molecule has 0 fully saturated rings. The van der Waals surface area contributed by atoms with Gasteiger partial charge in [0.1, 0.15) is 0 Å². The van der Waals surface area contributed by atoms with Gasteiger partial charge in [0, 0.05) is 24.3 Å². The van der Waals surface area contributed by atoms with Gasteiger partial charge in [0.2, 0.25) is 23.5 Å². The van der Waals surface area contributed by atoms with Crippen LogP contribution in [0.15, 0.2) is 24.3 Å². The van der Waals surface area contributed by atoms with Crippen LogP contribution in [-0.4, -0.2) is 41.0 Å². The van der Waals surface area contributed by atoms with Gasteiger partial charge in [-0.1, -0.05) is 5.12 Å². The van der Waals surface area contributed by atoms with Gasteiger partial charge in [0.15, 0.2) is 0 Å². The van der Waals surface area contributed by atoms with Crippen LogP contribution in [0.4, 0.5) is 4.79 Å². The standard InChI is InChI=1S/C9H9N3O6/c13-5-1-2-6(14)10(5)12(9(17)18)11-7(15)3-4-8(11)16/h1-4,13-16H,(H,17,18). The van der Waals surface area contributed by atoms with Crippen LogP contribution in [0, 0.1) is 0 Å². The molecule has 0 radical (unpaired) electrons. The molecule has 9 heteroatoms. The van der Waals surface area contributed by atoms with Crippen molar-refractivity contribution in [2.24, 2.45) is 0 Å². The quantitative estimate of drug-likeness (QED) is 0.520. The Kier molecular flexibility index (Phi) is 2.43. The maximum absolute atomic E-state index is 11.1. The molecule has 0 aliphatic rings. The maximum Gasteiger partial charge on any atom is 0.447 e. The van der Waals surface area contributed by atoms with Crippen LogP contribution in [0.1, 0.15) is 0 Å². The molecule has 0 unspecified atom stereocenters. The first-order valence-electron chi connectivity index (χ1n) is 4.66. The Labute approximate surface area is 99.5 Å². The highest BCUT2D eigenvalue weighted by Gasteiger charge is 2.26. The number of carbonyl (C=O) groups is 1. The fraction of sp³-hybridized carbons (Fsp3) is 0. The Morgan fingerprint density at radius 2 is 1.11 bits per heavy atom. The van der Waals surface area contributed by atoms with Crippen molar-refractivity contribution < 1.29 is 30.3 Å². The van der Waals surface area contributed by atoms with Crippen molar-refractivity contribution in [3.8, 4) is 23.5 Å². The van der Waals surface area contributed by atoms with Gasteiger partial charge >= 0.3 is 6.09 Å². The summed E-state index contributed by atoms with van der Waals surface area (Å²) in [6.07, 6.45) is -1.65. The Morgan fingerprint density at radius 3 is 1.33 bits per heavy atom. The van der Waals surface area contributed by atoms with E-state index in [4.69, 9.17) is 5.11 Å². The van der Waals surface area contributed by atoms with Gasteiger partial charge in [0.05, 0.1) is 0 Å². The van der Waals surface area contributed by atoms with Crippen LogP contribution in [-0.2, 0) is 0 Å². The zero-order valence-electron chi connectivity index (χ0n) is 8.80. The molecule has 0 aliphatic carbocycles. The molecule has 0 saturated carbocycles. The Bertz CT molecular complexity index is 516. The number of carboxylic acid groups (broad SMARTS) is 1. The smallest absolute Gasteiger partial charge is 0.447 e. The van der Waals surface area contributed by atoms with Crippen LogP contribution >= 0.6 is 0 Å². The van der Waals surface area contributed by atoms with E-state index in [0.29, 0.717) is 9.35 Å². The average molecular weight is 255 g/mol. The normalized spacial score (nSPS) is 10.4. The lowest BCUT2D eigenvalue weighted by molar-refractivity contribution is 0.181. The first-order chi connectivity index (χ1) is 8.43. The molecule has 0 aliphatic heterocycles. The Hall–Kier alpha value is -2.97. The predicted molar refractivity (Wildman–Crippen MR) is 57.2 cm³/mol. The SMILES string of the molecule is O=C(O)N(n1c(O)ccc1O)n1c(O)ccc1O. The lowest BCUT2D eigenvalue weighted by atomic mass is 10.6. The fourth-order valence-electron chi connectivity index (χ4n) is 1.46. The van der Waals surface area contributed by atoms with Crippen LogP contribution < -0.4 is 5.12 Å². The van der Waals surface area contributed by atoms with Crippen molar-refractivity contribution in [1.82, 2.24) is 9.35 Å². The molecule has 2 aromatic rings. The van der Waals surface area contributed by atoms with Gasteiger partial charge < -0.3 is 25.5 Å². The number of hydrogen-bond acceptors (Lipinski definition) is 5. The van der Waals surface area contributed by atoms with E-state index in [2.05, 4.69) is 0 Å². The second kappa shape index (κ2) is 3.80. The molecule has 0 saturated heterocycles. The summed E-state index contributed by atoms with van der Waals surface area (Å²) in [7, 11) is 0. The number of aromatic nitrogens is 2. The molecule has 0 atom stereocenters. The van der Waals surface area contributed by atoms with E-state index in [-0.39, 0.29) is 5.12 Å². The first kappa shape index (κ1) is 11.5. The molecule has 5 N–H and O–H groups in total. The molecule has 2 heterocycles. The maximum atomic E-state index is 11.1. The van der Waals surface area contributed by atoms with Crippen molar-refractivity contribution in [2.75, 3.05) is 5.12 Å². The summed E-state index contributed by atoms with van der Waals surface area (Å²) in [4.78, 5) is 11.1. The summed E-state index contributed by atoms with van der Waals surface area (Å²) < 4.78 is 0.948. The number of nitrogens with zero attached hydrogens (tertiary/aromatic N) is 3. The summed E-state index contributed by atoms with van der Waals surface area (Å²) >= 11 is 0. The van der Waals surface area contributed by atoms with Gasteiger partial charge in [-0.2, -0.15) is 9.35 Å². The monoisotopic (exact) mass is 255 g/mol. The third-order valence-corrected chi connectivity index (χ3v) is 2.18. The van der Waals surface area contributed by atoms with E-state index in [1.54, 1.807) is 0 Å². The zero-order valence-corrected chi connectivity index (χ0v) is 8.80. The van der Waals surface area contributed by atoms with Gasteiger partial charge in [-0.05, 0) is 0 Å². The summed E-state index contributed by atoms with van der Waals surface area (Å²) in [6, 6.07) is 4.18. The number of hydrogen-bond donors (Lipinski definition) is 5. The predicted octanol–water partition coefficient (Wildman–Crippen LogP) is 0.191. The molecule has 96 valence electrons. The van der Waals surface area contributed by atoms with Crippen molar-refractivity contribution in [2.45, 2.75) is 0 Å². The summed E-state index contributed by atoms with van der Waals surface area (Å²) in [5.74, 6) is -2.38. The van der Waals surface area contributed by atoms with Gasteiger partial charge in [0.25, 0.3) is 0 Å². The van der Waals surface area contributed by atoms with E-state index >= 15 is 0 Å². The van der Waals surface area contributed by atoms with Crippen molar-refractivity contribution in [3.63, 3.8) is 0 Å². The molecule has 0 aromatic carbocycles. The topological polar surface area (TPSA) is 131 Å². The molecule has 1 amide bonds.